The van der Waals surface area contributed by atoms with Gasteiger partial charge in [-0.1, -0.05) is 6.07 Å². The van der Waals surface area contributed by atoms with Crippen molar-refractivity contribution in [1.82, 2.24) is 15.1 Å². The number of aliphatic hydroxyl groups excluding tert-OH is 1. The van der Waals surface area contributed by atoms with Crippen molar-refractivity contribution in [2.24, 2.45) is 0 Å². The van der Waals surface area contributed by atoms with Crippen LogP contribution in [0.2, 0.25) is 0 Å². The highest BCUT2D eigenvalue weighted by Gasteiger charge is 2.22. The van der Waals surface area contributed by atoms with Gasteiger partial charge in [0.15, 0.2) is 0 Å². The van der Waals surface area contributed by atoms with Crippen molar-refractivity contribution in [3.8, 4) is 0 Å². The van der Waals surface area contributed by atoms with E-state index in [0.717, 1.165) is 13.1 Å². The van der Waals surface area contributed by atoms with Gasteiger partial charge < -0.3 is 20.1 Å². The summed E-state index contributed by atoms with van der Waals surface area (Å²) in [7, 11) is 0. The molecule has 1 fully saturated rings. The van der Waals surface area contributed by atoms with Gasteiger partial charge in [-0.3, -0.25) is 4.90 Å². The lowest BCUT2D eigenvalue weighted by atomic mass is 10.2. The molecule has 0 spiro atoms. The van der Waals surface area contributed by atoms with E-state index >= 15 is 0 Å². The molecule has 1 aromatic rings. The van der Waals surface area contributed by atoms with Gasteiger partial charge in [-0.05, 0) is 18.4 Å². The van der Waals surface area contributed by atoms with Crippen LogP contribution in [0.3, 0.4) is 0 Å². The fourth-order valence-electron chi connectivity index (χ4n) is 2.44. The number of piperazine rings is 1. The van der Waals surface area contributed by atoms with Crippen LogP contribution in [0.15, 0.2) is 17.5 Å². The van der Waals surface area contributed by atoms with Crippen LogP contribution >= 0.6 is 11.3 Å². The van der Waals surface area contributed by atoms with Crippen molar-refractivity contribution in [1.29, 1.82) is 0 Å². The van der Waals surface area contributed by atoms with Crippen molar-refractivity contribution in [2.75, 3.05) is 45.9 Å². The van der Waals surface area contributed by atoms with Crippen LogP contribution in [0.5, 0.6) is 0 Å². The van der Waals surface area contributed by atoms with Crippen LogP contribution in [-0.2, 0) is 11.3 Å². The fourth-order valence-corrected chi connectivity index (χ4v) is 3.08. The Morgan fingerprint density at radius 3 is 2.86 bits per heavy atom. The van der Waals surface area contributed by atoms with Crippen molar-refractivity contribution in [2.45, 2.75) is 19.6 Å². The molecule has 124 valence electrons. The second kappa shape index (κ2) is 9.09. The largest absolute Gasteiger partial charge is 0.389 e. The molecule has 6 nitrogen and oxygen atoms in total. The SMILES string of the molecule is CCNC(=O)N1CCN(CC(O)COCc2cccs2)CC1. The summed E-state index contributed by atoms with van der Waals surface area (Å²) in [6, 6.07) is 4.02. The highest BCUT2D eigenvalue weighted by atomic mass is 32.1. The fraction of sp³-hybridized carbons (Fsp3) is 0.667. The molecule has 2 rings (SSSR count). The molecule has 0 aromatic carbocycles. The molecular formula is C15H25N3O3S. The van der Waals surface area contributed by atoms with E-state index in [1.54, 1.807) is 11.3 Å². The summed E-state index contributed by atoms with van der Waals surface area (Å²) in [6.07, 6.45) is -0.490. The minimum absolute atomic E-state index is 0.00183. The first-order valence-electron chi connectivity index (χ1n) is 7.72. The number of nitrogens with one attached hydrogen (secondary N) is 1. The van der Waals surface area contributed by atoms with Gasteiger partial charge >= 0.3 is 6.03 Å². The van der Waals surface area contributed by atoms with Gasteiger partial charge in [-0.25, -0.2) is 4.79 Å². The lowest BCUT2D eigenvalue weighted by molar-refractivity contribution is 0.00442. The van der Waals surface area contributed by atoms with Crippen molar-refractivity contribution in [3.05, 3.63) is 22.4 Å². The average molecular weight is 327 g/mol. The summed E-state index contributed by atoms with van der Waals surface area (Å²) >= 11 is 1.66. The normalized spacial score (nSPS) is 17.5. The maximum absolute atomic E-state index is 11.7. The van der Waals surface area contributed by atoms with Crippen LogP contribution in [0, 0.1) is 0 Å². The predicted molar refractivity (Wildman–Crippen MR) is 87.1 cm³/mol. The van der Waals surface area contributed by atoms with Crippen LogP contribution in [0.1, 0.15) is 11.8 Å². The molecule has 2 N–H and O–H groups in total. The Hall–Kier alpha value is -1.15. The van der Waals surface area contributed by atoms with Crippen LogP contribution in [0.4, 0.5) is 4.79 Å². The number of aliphatic hydroxyl groups is 1. The Morgan fingerprint density at radius 2 is 2.23 bits per heavy atom. The molecule has 1 unspecified atom stereocenters. The van der Waals surface area contributed by atoms with E-state index in [1.807, 2.05) is 29.3 Å². The van der Waals surface area contributed by atoms with E-state index in [0.29, 0.717) is 39.4 Å². The molecule has 2 heterocycles. The molecule has 1 aliphatic rings. The van der Waals surface area contributed by atoms with Gasteiger partial charge in [0.2, 0.25) is 0 Å². The number of ether oxygens (including phenoxy) is 1. The first-order chi connectivity index (χ1) is 10.7. The third kappa shape index (κ3) is 5.57. The maximum atomic E-state index is 11.7. The number of urea groups is 1. The average Bonchev–Trinajstić information content (AvgIpc) is 3.01. The quantitative estimate of drug-likeness (QED) is 0.783. The summed E-state index contributed by atoms with van der Waals surface area (Å²) in [4.78, 5) is 16.9. The number of hydrogen-bond acceptors (Lipinski definition) is 5. The summed E-state index contributed by atoms with van der Waals surface area (Å²) in [5.74, 6) is 0. The number of carbonyl (C=O) groups excluding carboxylic acids is 1. The molecule has 1 aromatic heterocycles. The zero-order valence-electron chi connectivity index (χ0n) is 13.0. The van der Waals surface area contributed by atoms with Crippen molar-refractivity contribution < 1.29 is 14.6 Å². The number of hydrogen-bond donors (Lipinski definition) is 2. The third-order valence-corrected chi connectivity index (χ3v) is 4.44. The van der Waals surface area contributed by atoms with Gasteiger partial charge in [-0.2, -0.15) is 0 Å². The molecule has 2 amide bonds. The van der Waals surface area contributed by atoms with Crippen molar-refractivity contribution in [3.63, 3.8) is 0 Å². The van der Waals surface area contributed by atoms with E-state index in [-0.39, 0.29) is 6.03 Å². The topological polar surface area (TPSA) is 65.0 Å². The Morgan fingerprint density at radius 1 is 1.45 bits per heavy atom. The van der Waals surface area contributed by atoms with E-state index in [9.17, 15) is 9.90 Å². The second-order valence-corrected chi connectivity index (χ2v) is 6.40. The van der Waals surface area contributed by atoms with Gasteiger partial charge in [0.05, 0.1) is 19.3 Å². The van der Waals surface area contributed by atoms with Gasteiger partial charge in [0, 0.05) is 44.1 Å². The first kappa shape index (κ1) is 17.2. The number of thiophene rings is 1. The zero-order chi connectivity index (χ0) is 15.8. The minimum Gasteiger partial charge on any atom is -0.389 e. The number of amides is 2. The number of rotatable bonds is 7. The molecule has 1 aliphatic heterocycles. The van der Waals surface area contributed by atoms with Gasteiger partial charge in [0.25, 0.3) is 0 Å². The monoisotopic (exact) mass is 327 g/mol. The minimum atomic E-state index is -0.490. The van der Waals surface area contributed by atoms with Crippen LogP contribution < -0.4 is 5.32 Å². The molecule has 0 radical (unpaired) electrons. The standard InChI is InChI=1S/C15H25N3O3S/c1-2-16-15(20)18-7-5-17(6-8-18)10-13(19)11-21-12-14-4-3-9-22-14/h3-4,9,13,19H,2,5-8,10-12H2,1H3,(H,16,20). The lowest BCUT2D eigenvalue weighted by Crippen LogP contribution is -2.53. The van der Waals surface area contributed by atoms with Crippen LogP contribution in [0.25, 0.3) is 0 Å². The maximum Gasteiger partial charge on any atom is 0.317 e. The number of carbonyl (C=O) groups is 1. The summed E-state index contributed by atoms with van der Waals surface area (Å²) in [5.41, 5.74) is 0. The Bertz CT molecular complexity index is 433. The molecule has 0 bridgehead atoms. The molecule has 1 saturated heterocycles. The first-order valence-corrected chi connectivity index (χ1v) is 8.60. The van der Waals surface area contributed by atoms with E-state index in [2.05, 4.69) is 10.2 Å². The molecule has 0 aliphatic carbocycles. The van der Waals surface area contributed by atoms with E-state index < -0.39 is 6.10 Å². The van der Waals surface area contributed by atoms with Gasteiger partial charge in [0.1, 0.15) is 0 Å². The molecule has 1 atom stereocenters. The second-order valence-electron chi connectivity index (χ2n) is 5.37. The summed E-state index contributed by atoms with van der Waals surface area (Å²) in [5, 5.41) is 14.9. The molecule has 0 saturated carbocycles. The smallest absolute Gasteiger partial charge is 0.317 e. The summed E-state index contributed by atoms with van der Waals surface area (Å²) in [6.45, 7) is 7.04. The Kier molecular flexibility index (Phi) is 7.11. The molecule has 7 heteroatoms. The zero-order valence-corrected chi connectivity index (χ0v) is 13.8. The Balaban J connectivity index is 1.60. The molecule has 22 heavy (non-hydrogen) atoms. The number of β-amino-alcohol motifs (C(OH)–C–C–N with tert-alkyl or cyclic N) is 1. The van der Waals surface area contributed by atoms with Crippen LogP contribution in [-0.4, -0.2) is 72.9 Å². The lowest BCUT2D eigenvalue weighted by Gasteiger charge is -2.35. The van der Waals surface area contributed by atoms with Gasteiger partial charge in [-0.15, -0.1) is 11.3 Å². The van der Waals surface area contributed by atoms with E-state index in [4.69, 9.17) is 4.74 Å². The van der Waals surface area contributed by atoms with Crippen molar-refractivity contribution >= 4 is 17.4 Å². The third-order valence-electron chi connectivity index (χ3n) is 3.59. The number of nitrogens with zero attached hydrogens (tertiary/aromatic N) is 2. The highest BCUT2D eigenvalue weighted by Crippen LogP contribution is 2.10. The predicted octanol–water partition coefficient (Wildman–Crippen LogP) is 0.973. The van der Waals surface area contributed by atoms with E-state index in [1.165, 1.54) is 4.88 Å². The Labute approximate surface area is 135 Å². The highest BCUT2D eigenvalue weighted by molar-refractivity contribution is 7.09. The molecular weight excluding hydrogens is 302 g/mol. The summed E-state index contributed by atoms with van der Waals surface area (Å²) < 4.78 is 5.53.